The Morgan fingerprint density at radius 1 is 0.326 bits per heavy atom. The van der Waals surface area contributed by atoms with Crippen molar-refractivity contribution in [2.75, 3.05) is 0 Å². The lowest BCUT2D eigenvalue weighted by molar-refractivity contribution is 0.768. The van der Waals surface area contributed by atoms with Crippen LogP contribution in [-0.2, 0) is 5.41 Å². The summed E-state index contributed by atoms with van der Waals surface area (Å²) < 4.78 is 0. The molecule has 206 valence electrons. The second-order valence-corrected chi connectivity index (χ2v) is 11.3. The van der Waals surface area contributed by atoms with Gasteiger partial charge in [0, 0.05) is 5.41 Å². The third kappa shape index (κ3) is 5.18. The SMILES string of the molecule is C(=C(c1ccccc1)c1ccccc1)C1[C@@H](C=C(c2ccccc2)c2ccccc2)C1(c1ccccc1)c1ccccc1. The Balaban J connectivity index is 1.49. The Morgan fingerprint density at radius 3 is 0.814 bits per heavy atom. The van der Waals surface area contributed by atoms with Crippen molar-refractivity contribution in [3.8, 4) is 0 Å². The molecule has 0 heterocycles. The molecule has 7 rings (SSSR count). The zero-order valence-corrected chi connectivity index (χ0v) is 24.1. The lowest BCUT2D eigenvalue weighted by atomic mass is 9.83. The molecule has 43 heavy (non-hydrogen) atoms. The van der Waals surface area contributed by atoms with Crippen LogP contribution in [-0.4, -0.2) is 0 Å². The zero-order valence-electron chi connectivity index (χ0n) is 24.1. The normalized spacial score (nSPS) is 16.6. The standard InChI is InChI=1S/C43H34/c1-7-19-33(20-8-1)39(34-21-9-2-10-22-34)31-41-42(32-40(35-23-11-3-12-24-35)36-25-13-4-14-26-36)43(41,37-27-15-5-16-28-37)38-29-17-6-18-30-38/h1-32,41-42H/t41-,42?/m1/s1. The van der Waals surface area contributed by atoms with E-state index in [4.69, 9.17) is 0 Å². The third-order valence-electron chi connectivity index (χ3n) is 8.86. The summed E-state index contributed by atoms with van der Waals surface area (Å²) >= 11 is 0. The lowest BCUT2D eigenvalue weighted by Gasteiger charge is -2.20. The molecule has 0 bridgehead atoms. The molecule has 1 saturated carbocycles. The number of hydrogen-bond acceptors (Lipinski definition) is 0. The van der Waals surface area contributed by atoms with Gasteiger partial charge in [-0.3, -0.25) is 0 Å². The molecule has 0 radical (unpaired) electrons. The van der Waals surface area contributed by atoms with E-state index in [-0.39, 0.29) is 17.3 Å². The Labute approximate surface area is 255 Å². The highest BCUT2D eigenvalue weighted by Crippen LogP contribution is 2.66. The maximum absolute atomic E-state index is 2.56. The first-order chi connectivity index (χ1) is 21.4. The molecule has 0 heteroatoms. The van der Waals surface area contributed by atoms with Gasteiger partial charge in [-0.1, -0.05) is 194 Å². The minimum atomic E-state index is -0.202. The average molecular weight is 551 g/mol. The van der Waals surface area contributed by atoms with Gasteiger partial charge in [-0.25, -0.2) is 0 Å². The predicted octanol–water partition coefficient (Wildman–Crippen LogP) is 10.5. The van der Waals surface area contributed by atoms with E-state index >= 15 is 0 Å². The van der Waals surface area contributed by atoms with Crippen LogP contribution in [0, 0.1) is 11.8 Å². The minimum absolute atomic E-state index is 0.202. The molecule has 0 nitrogen and oxygen atoms in total. The van der Waals surface area contributed by atoms with Crippen LogP contribution >= 0.6 is 0 Å². The van der Waals surface area contributed by atoms with Gasteiger partial charge in [0.25, 0.3) is 0 Å². The number of benzene rings is 6. The van der Waals surface area contributed by atoms with Gasteiger partial charge in [0.15, 0.2) is 0 Å². The summed E-state index contributed by atoms with van der Waals surface area (Å²) in [5, 5.41) is 0. The second kappa shape index (κ2) is 12.0. The van der Waals surface area contributed by atoms with Crippen molar-refractivity contribution in [1.29, 1.82) is 0 Å². The largest absolute Gasteiger partial charge is 0.0711 e. The molecule has 6 aromatic rings. The maximum Gasteiger partial charge on any atom is 0.0340 e. The lowest BCUT2D eigenvalue weighted by Crippen LogP contribution is -2.14. The summed E-state index contributed by atoms with van der Waals surface area (Å²) in [5.74, 6) is 0.491. The van der Waals surface area contributed by atoms with Crippen LogP contribution in [0.25, 0.3) is 11.1 Å². The van der Waals surface area contributed by atoms with Crippen molar-refractivity contribution in [3.05, 3.63) is 228 Å². The van der Waals surface area contributed by atoms with E-state index < -0.39 is 0 Å². The van der Waals surface area contributed by atoms with Crippen LogP contribution in [0.4, 0.5) is 0 Å². The summed E-state index contributed by atoms with van der Waals surface area (Å²) in [4.78, 5) is 0. The fourth-order valence-electron chi connectivity index (χ4n) is 6.83. The summed E-state index contributed by atoms with van der Waals surface area (Å²) in [5.41, 5.74) is 10.0. The molecule has 6 aromatic carbocycles. The van der Waals surface area contributed by atoms with Crippen molar-refractivity contribution < 1.29 is 0 Å². The summed E-state index contributed by atoms with van der Waals surface area (Å²) in [6.45, 7) is 0. The highest BCUT2D eigenvalue weighted by molar-refractivity contribution is 5.83. The number of hydrogen-bond donors (Lipinski definition) is 0. The molecule has 0 spiro atoms. The minimum Gasteiger partial charge on any atom is -0.0711 e. The fraction of sp³-hybridized carbons (Fsp3) is 0.0698. The molecule has 0 aliphatic heterocycles. The molecule has 1 aliphatic rings. The average Bonchev–Trinajstić information content (AvgIpc) is 3.75. The summed E-state index contributed by atoms with van der Waals surface area (Å²) in [7, 11) is 0. The quantitative estimate of drug-likeness (QED) is 0.177. The Bertz CT molecular complexity index is 1600. The van der Waals surface area contributed by atoms with E-state index in [1.807, 2.05) is 0 Å². The van der Waals surface area contributed by atoms with E-state index in [1.165, 1.54) is 44.5 Å². The molecule has 1 aliphatic carbocycles. The van der Waals surface area contributed by atoms with Crippen LogP contribution in [0.3, 0.4) is 0 Å². The first kappa shape index (κ1) is 26.7. The monoisotopic (exact) mass is 550 g/mol. The molecule has 0 aromatic heterocycles. The van der Waals surface area contributed by atoms with Crippen LogP contribution in [0.5, 0.6) is 0 Å². The molecular formula is C43H34. The third-order valence-corrected chi connectivity index (χ3v) is 8.86. The van der Waals surface area contributed by atoms with Gasteiger partial charge in [0.2, 0.25) is 0 Å². The van der Waals surface area contributed by atoms with Gasteiger partial charge in [0.1, 0.15) is 0 Å². The van der Waals surface area contributed by atoms with Gasteiger partial charge in [-0.2, -0.15) is 0 Å². The first-order valence-electron chi connectivity index (χ1n) is 15.1. The van der Waals surface area contributed by atoms with Crippen molar-refractivity contribution in [2.45, 2.75) is 5.41 Å². The zero-order chi connectivity index (χ0) is 28.9. The van der Waals surface area contributed by atoms with E-state index in [0.717, 1.165) is 0 Å². The van der Waals surface area contributed by atoms with E-state index in [0.29, 0.717) is 0 Å². The van der Waals surface area contributed by atoms with E-state index in [1.54, 1.807) is 0 Å². The van der Waals surface area contributed by atoms with Crippen LogP contribution in [0.15, 0.2) is 194 Å². The molecule has 0 N–H and O–H groups in total. The van der Waals surface area contributed by atoms with Crippen molar-refractivity contribution in [3.63, 3.8) is 0 Å². The summed E-state index contributed by atoms with van der Waals surface area (Å²) in [6, 6.07) is 65.6. The van der Waals surface area contributed by atoms with Crippen molar-refractivity contribution in [2.24, 2.45) is 11.8 Å². The molecular weight excluding hydrogens is 516 g/mol. The smallest absolute Gasteiger partial charge is 0.0340 e. The van der Waals surface area contributed by atoms with Crippen LogP contribution < -0.4 is 0 Å². The molecule has 2 atom stereocenters. The van der Waals surface area contributed by atoms with Crippen molar-refractivity contribution >= 4 is 11.1 Å². The highest BCUT2D eigenvalue weighted by Gasteiger charge is 2.64. The molecule has 1 unspecified atom stereocenters. The highest BCUT2D eigenvalue weighted by atomic mass is 14.7. The molecule has 1 fully saturated rings. The fourth-order valence-corrected chi connectivity index (χ4v) is 6.83. The Hall–Kier alpha value is -5.20. The van der Waals surface area contributed by atoms with E-state index in [2.05, 4.69) is 194 Å². The molecule has 0 saturated heterocycles. The number of allylic oxidation sites excluding steroid dienone is 2. The van der Waals surface area contributed by atoms with Crippen LogP contribution in [0.1, 0.15) is 33.4 Å². The van der Waals surface area contributed by atoms with Gasteiger partial charge in [-0.05, 0) is 56.4 Å². The Morgan fingerprint density at radius 2 is 0.558 bits per heavy atom. The molecule has 0 amide bonds. The Kier molecular flexibility index (Phi) is 7.42. The maximum atomic E-state index is 2.56. The van der Waals surface area contributed by atoms with Crippen molar-refractivity contribution in [1.82, 2.24) is 0 Å². The van der Waals surface area contributed by atoms with E-state index in [9.17, 15) is 0 Å². The predicted molar refractivity (Wildman–Crippen MR) is 181 cm³/mol. The van der Waals surface area contributed by atoms with Crippen LogP contribution in [0.2, 0.25) is 0 Å². The van der Waals surface area contributed by atoms with Gasteiger partial charge < -0.3 is 0 Å². The topological polar surface area (TPSA) is 0 Å². The number of rotatable bonds is 8. The van der Waals surface area contributed by atoms with Gasteiger partial charge in [0.05, 0.1) is 0 Å². The second-order valence-electron chi connectivity index (χ2n) is 11.3. The summed E-state index contributed by atoms with van der Waals surface area (Å²) in [6.07, 6.45) is 5.11. The first-order valence-corrected chi connectivity index (χ1v) is 15.1. The van der Waals surface area contributed by atoms with Gasteiger partial charge >= 0.3 is 0 Å². The van der Waals surface area contributed by atoms with Gasteiger partial charge in [-0.15, -0.1) is 0 Å².